The van der Waals surface area contributed by atoms with Gasteiger partial charge in [-0.05, 0) is 48.9 Å². The first kappa shape index (κ1) is 14.0. The molecule has 2 heterocycles. The van der Waals surface area contributed by atoms with Gasteiger partial charge in [0.05, 0.1) is 11.4 Å². The molecule has 4 nitrogen and oxygen atoms in total. The maximum Gasteiger partial charge on any atom is 0.241 e. The van der Waals surface area contributed by atoms with E-state index in [1.807, 2.05) is 29.7 Å². The van der Waals surface area contributed by atoms with Crippen molar-refractivity contribution in [3.8, 4) is 11.3 Å². The molecule has 5 heteroatoms. The van der Waals surface area contributed by atoms with Gasteiger partial charge in [0.15, 0.2) is 0 Å². The molecule has 0 saturated carbocycles. The van der Waals surface area contributed by atoms with Gasteiger partial charge in [-0.2, -0.15) is 0 Å². The number of hydrogen-bond donors (Lipinski definition) is 1. The average Bonchev–Trinajstić information content (AvgIpc) is 2.86. The smallest absolute Gasteiger partial charge is 0.241 e. The second-order valence-corrected chi connectivity index (χ2v) is 4.97. The molecule has 0 bridgehead atoms. The number of nitrogens with zero attached hydrogens (tertiary/aromatic N) is 2. The molecular formula is C17H14FN3O. The van der Waals surface area contributed by atoms with Crippen molar-refractivity contribution in [1.82, 2.24) is 9.38 Å². The third-order valence-electron chi connectivity index (χ3n) is 3.41. The number of aromatic nitrogens is 2. The molecule has 0 fully saturated rings. The molecule has 0 radical (unpaired) electrons. The SMILES string of the molecule is Cc1cccn2c(/C=C/C(N)=O)c(-c3ccc(F)cc3)nc12. The van der Waals surface area contributed by atoms with Gasteiger partial charge in [0.1, 0.15) is 11.5 Å². The molecule has 2 N–H and O–H groups in total. The van der Waals surface area contributed by atoms with E-state index in [-0.39, 0.29) is 5.82 Å². The molecule has 110 valence electrons. The first-order valence-electron chi connectivity index (χ1n) is 6.77. The van der Waals surface area contributed by atoms with E-state index in [4.69, 9.17) is 5.73 Å². The van der Waals surface area contributed by atoms with Crippen LogP contribution in [0.1, 0.15) is 11.3 Å². The van der Waals surface area contributed by atoms with E-state index in [1.165, 1.54) is 18.2 Å². The van der Waals surface area contributed by atoms with Crippen LogP contribution in [0.25, 0.3) is 23.0 Å². The summed E-state index contributed by atoms with van der Waals surface area (Å²) in [4.78, 5) is 15.7. The second-order valence-electron chi connectivity index (χ2n) is 4.97. The first-order valence-corrected chi connectivity index (χ1v) is 6.77. The minimum Gasteiger partial charge on any atom is -0.366 e. The summed E-state index contributed by atoms with van der Waals surface area (Å²) in [7, 11) is 0. The largest absolute Gasteiger partial charge is 0.366 e. The Bertz CT molecular complexity index is 879. The molecule has 3 rings (SSSR count). The number of fused-ring (bicyclic) bond motifs is 1. The van der Waals surface area contributed by atoms with Crippen LogP contribution in [0, 0.1) is 12.7 Å². The molecule has 0 aliphatic heterocycles. The van der Waals surface area contributed by atoms with E-state index >= 15 is 0 Å². The van der Waals surface area contributed by atoms with Gasteiger partial charge in [0.25, 0.3) is 0 Å². The zero-order valence-electron chi connectivity index (χ0n) is 12.0. The van der Waals surface area contributed by atoms with Gasteiger partial charge in [-0.25, -0.2) is 9.37 Å². The Morgan fingerprint density at radius 2 is 2.00 bits per heavy atom. The third-order valence-corrected chi connectivity index (χ3v) is 3.41. The van der Waals surface area contributed by atoms with E-state index < -0.39 is 5.91 Å². The number of amides is 1. The highest BCUT2D eigenvalue weighted by Crippen LogP contribution is 2.27. The van der Waals surface area contributed by atoms with Crippen LogP contribution in [-0.2, 0) is 4.79 Å². The van der Waals surface area contributed by atoms with Crippen molar-refractivity contribution in [3.63, 3.8) is 0 Å². The molecular weight excluding hydrogens is 281 g/mol. The number of nitrogens with two attached hydrogens (primary N) is 1. The number of halogens is 1. The van der Waals surface area contributed by atoms with E-state index in [0.717, 1.165) is 22.5 Å². The third kappa shape index (κ3) is 2.48. The number of aryl methyl sites for hydroxylation is 1. The van der Waals surface area contributed by atoms with Crippen LogP contribution in [0.15, 0.2) is 48.7 Å². The number of benzene rings is 1. The maximum absolute atomic E-state index is 13.1. The zero-order chi connectivity index (χ0) is 15.7. The predicted octanol–water partition coefficient (Wildman–Crippen LogP) is 2.95. The molecule has 2 aromatic heterocycles. The van der Waals surface area contributed by atoms with Gasteiger partial charge in [0.2, 0.25) is 5.91 Å². The van der Waals surface area contributed by atoms with Gasteiger partial charge >= 0.3 is 0 Å². The Kier molecular flexibility index (Phi) is 3.47. The summed E-state index contributed by atoms with van der Waals surface area (Å²) in [5.41, 5.74) is 9.15. The maximum atomic E-state index is 13.1. The standard InChI is InChI=1S/C17H14FN3O/c1-11-3-2-10-21-14(8-9-15(19)22)16(20-17(11)21)12-4-6-13(18)7-5-12/h2-10H,1H3,(H2,19,22)/b9-8+. The van der Waals surface area contributed by atoms with Crippen LogP contribution in [0.5, 0.6) is 0 Å². The molecule has 0 atom stereocenters. The number of pyridine rings is 1. The van der Waals surface area contributed by atoms with Crippen molar-refractivity contribution in [2.45, 2.75) is 6.92 Å². The number of imidazole rings is 1. The van der Waals surface area contributed by atoms with Gasteiger partial charge in [-0.3, -0.25) is 9.20 Å². The molecule has 0 aliphatic rings. The molecule has 0 unspecified atom stereocenters. The summed E-state index contributed by atoms with van der Waals surface area (Å²) < 4.78 is 15.0. The number of carbonyl (C=O) groups excluding carboxylic acids is 1. The quantitative estimate of drug-likeness (QED) is 0.755. The Morgan fingerprint density at radius 1 is 1.27 bits per heavy atom. The van der Waals surface area contributed by atoms with E-state index in [9.17, 15) is 9.18 Å². The Labute approximate surface area is 126 Å². The fraction of sp³-hybridized carbons (Fsp3) is 0.0588. The molecule has 0 spiro atoms. The lowest BCUT2D eigenvalue weighted by molar-refractivity contribution is -0.113. The lowest BCUT2D eigenvalue weighted by atomic mass is 10.1. The monoisotopic (exact) mass is 295 g/mol. The van der Waals surface area contributed by atoms with Gasteiger partial charge in [0, 0.05) is 17.8 Å². The van der Waals surface area contributed by atoms with Crippen LogP contribution in [0.2, 0.25) is 0 Å². The summed E-state index contributed by atoms with van der Waals surface area (Å²) in [5, 5.41) is 0. The zero-order valence-corrected chi connectivity index (χ0v) is 12.0. The molecule has 0 aliphatic carbocycles. The Balaban J connectivity index is 2.28. The van der Waals surface area contributed by atoms with Crippen molar-refractivity contribution >= 4 is 17.6 Å². The number of primary amides is 1. The topological polar surface area (TPSA) is 60.4 Å². The number of carbonyl (C=O) groups is 1. The first-order chi connectivity index (χ1) is 10.6. The van der Waals surface area contributed by atoms with Gasteiger partial charge in [-0.1, -0.05) is 6.07 Å². The van der Waals surface area contributed by atoms with Crippen LogP contribution in [-0.4, -0.2) is 15.3 Å². The van der Waals surface area contributed by atoms with Crippen molar-refractivity contribution in [2.75, 3.05) is 0 Å². The normalized spacial score (nSPS) is 11.4. The highest BCUT2D eigenvalue weighted by atomic mass is 19.1. The van der Waals surface area contributed by atoms with Crippen LogP contribution in [0.3, 0.4) is 0 Å². The minimum absolute atomic E-state index is 0.307. The van der Waals surface area contributed by atoms with Crippen LogP contribution in [0.4, 0.5) is 4.39 Å². The van der Waals surface area contributed by atoms with Gasteiger partial charge < -0.3 is 5.73 Å². The lowest BCUT2D eigenvalue weighted by Crippen LogP contribution is -2.05. The van der Waals surface area contributed by atoms with E-state index in [0.29, 0.717) is 5.69 Å². The van der Waals surface area contributed by atoms with Crippen LogP contribution >= 0.6 is 0 Å². The fourth-order valence-corrected chi connectivity index (χ4v) is 2.36. The Hall–Kier alpha value is -2.95. The summed E-state index contributed by atoms with van der Waals surface area (Å²) in [6.45, 7) is 1.96. The van der Waals surface area contributed by atoms with Crippen molar-refractivity contribution in [1.29, 1.82) is 0 Å². The molecule has 0 saturated heterocycles. The fourth-order valence-electron chi connectivity index (χ4n) is 2.36. The number of hydrogen-bond acceptors (Lipinski definition) is 2. The van der Waals surface area contributed by atoms with E-state index in [1.54, 1.807) is 18.2 Å². The average molecular weight is 295 g/mol. The summed E-state index contributed by atoms with van der Waals surface area (Å²) in [6, 6.07) is 9.95. The minimum atomic E-state index is -0.535. The summed E-state index contributed by atoms with van der Waals surface area (Å²) >= 11 is 0. The highest BCUT2D eigenvalue weighted by Gasteiger charge is 2.13. The molecule has 22 heavy (non-hydrogen) atoms. The molecule has 1 aromatic carbocycles. The highest BCUT2D eigenvalue weighted by molar-refractivity contribution is 5.91. The number of rotatable bonds is 3. The molecule has 3 aromatic rings. The Morgan fingerprint density at radius 3 is 2.68 bits per heavy atom. The van der Waals surface area contributed by atoms with Gasteiger partial charge in [-0.15, -0.1) is 0 Å². The van der Waals surface area contributed by atoms with E-state index in [2.05, 4.69) is 4.98 Å². The van der Waals surface area contributed by atoms with Crippen molar-refractivity contribution in [3.05, 3.63) is 65.7 Å². The predicted molar refractivity (Wildman–Crippen MR) is 83.6 cm³/mol. The summed E-state index contributed by atoms with van der Waals surface area (Å²) in [6.07, 6.45) is 4.78. The summed E-state index contributed by atoms with van der Waals surface area (Å²) in [5.74, 6) is -0.842. The second kappa shape index (κ2) is 5.44. The molecule has 1 amide bonds. The lowest BCUT2D eigenvalue weighted by Gasteiger charge is -2.01. The van der Waals surface area contributed by atoms with Crippen molar-refractivity contribution in [2.24, 2.45) is 5.73 Å². The van der Waals surface area contributed by atoms with Crippen molar-refractivity contribution < 1.29 is 9.18 Å². The van der Waals surface area contributed by atoms with Crippen LogP contribution < -0.4 is 5.73 Å².